The highest BCUT2D eigenvalue weighted by Gasteiger charge is 2.40. The summed E-state index contributed by atoms with van der Waals surface area (Å²) in [6, 6.07) is -13.1. The molecule has 67 heavy (non-hydrogen) atoms. The summed E-state index contributed by atoms with van der Waals surface area (Å²) in [4.78, 5) is 145. The molecule has 1 aliphatic rings. The Kier molecular flexibility index (Phi) is 26.0. The number of aliphatic hydroxyl groups excluding tert-OH is 3. The fraction of sp³-hybridized carbons (Fsp3) is 0.658. The number of allylic oxidation sites excluding steroid dienone is 1. The Morgan fingerprint density at radius 1 is 0.672 bits per heavy atom. The number of unbranched alkanes of at least 4 members (excludes halogenated alkanes) is 1. The van der Waals surface area contributed by atoms with Crippen molar-refractivity contribution in [2.24, 2.45) is 23.1 Å². The van der Waals surface area contributed by atoms with Crippen LogP contribution in [0, 0.1) is 5.92 Å². The maximum Gasteiger partial charge on any atom is 0.335 e. The third-order valence-corrected chi connectivity index (χ3v) is 10.1. The third kappa shape index (κ3) is 19.4. The van der Waals surface area contributed by atoms with Crippen molar-refractivity contribution in [2.75, 3.05) is 32.1 Å². The summed E-state index contributed by atoms with van der Waals surface area (Å²) in [6.07, 6.45) is -6.77. The van der Waals surface area contributed by atoms with Gasteiger partial charge in [-0.05, 0) is 65.6 Å². The molecule has 0 bridgehead atoms. The number of carboxylic acid groups (broad SMARTS) is 2. The van der Waals surface area contributed by atoms with Gasteiger partial charge in [-0.3, -0.25) is 43.2 Å². The zero-order chi connectivity index (χ0) is 51.1. The Labute approximate surface area is 388 Å². The van der Waals surface area contributed by atoms with Gasteiger partial charge in [-0.15, -0.1) is 11.6 Å². The normalized spacial score (nSPS) is 27.1. The fourth-order valence-electron chi connectivity index (χ4n) is 5.94. The fourth-order valence-corrected chi connectivity index (χ4v) is 6.12. The number of carboxylic acids is 2. The van der Waals surface area contributed by atoms with E-state index in [0.717, 1.165) is 13.0 Å². The van der Waals surface area contributed by atoms with Crippen LogP contribution in [-0.4, -0.2) is 183 Å². The first kappa shape index (κ1) is 59.0. The van der Waals surface area contributed by atoms with Crippen molar-refractivity contribution >= 4 is 76.8 Å². The average Bonchev–Trinajstić information content (AvgIpc) is 3.27. The van der Waals surface area contributed by atoms with Gasteiger partial charge in [-0.2, -0.15) is 0 Å². The summed E-state index contributed by atoms with van der Waals surface area (Å²) in [5.74, 6) is -17.0. The molecule has 19 N–H and O–H groups in total. The molecule has 0 saturated carbocycles. The van der Waals surface area contributed by atoms with Crippen molar-refractivity contribution in [3.05, 3.63) is 11.8 Å². The van der Waals surface area contributed by atoms with Gasteiger partial charge in [0.25, 0.3) is 5.91 Å². The van der Waals surface area contributed by atoms with Gasteiger partial charge >= 0.3 is 17.9 Å². The van der Waals surface area contributed by atoms with Gasteiger partial charge in [0.05, 0.1) is 30.4 Å². The zero-order valence-electron chi connectivity index (χ0n) is 37.0. The Bertz CT molecular complexity index is 1820. The van der Waals surface area contributed by atoms with Crippen LogP contribution in [0.3, 0.4) is 0 Å². The van der Waals surface area contributed by atoms with Crippen LogP contribution in [0.15, 0.2) is 11.8 Å². The number of aliphatic carboxylic acids is 2. The molecular weight excluding hydrogens is 918 g/mol. The molecule has 1 aliphatic heterocycles. The Hall–Kier alpha value is -6.04. The number of aliphatic hydroxyl groups is 3. The molecule has 29 heteroatoms. The van der Waals surface area contributed by atoms with E-state index in [1.807, 2.05) is 10.6 Å². The second-order valence-electron chi connectivity index (χ2n) is 15.2. The highest BCUT2D eigenvalue weighted by molar-refractivity contribution is 6.18. The molecule has 1 heterocycles. The molecule has 8 amide bonds. The van der Waals surface area contributed by atoms with E-state index in [-0.39, 0.29) is 45.3 Å². The predicted molar refractivity (Wildman–Crippen MR) is 230 cm³/mol. The Morgan fingerprint density at radius 2 is 1.16 bits per heavy atom. The second-order valence-corrected chi connectivity index (χ2v) is 15.5. The maximum absolute atomic E-state index is 13.8. The number of carbonyl (C=O) groups excluding carboxylic acids is 9. The van der Waals surface area contributed by atoms with Crippen molar-refractivity contribution in [2.45, 2.75) is 120 Å². The number of esters is 1. The smallest absolute Gasteiger partial charge is 0.335 e. The number of ether oxygens (including phenoxy) is 1. The van der Waals surface area contributed by atoms with E-state index >= 15 is 0 Å². The van der Waals surface area contributed by atoms with Gasteiger partial charge < -0.3 is 90.0 Å². The first-order chi connectivity index (χ1) is 31.5. The molecule has 0 aliphatic carbocycles. The minimum atomic E-state index is -2.75. The summed E-state index contributed by atoms with van der Waals surface area (Å²) in [7, 11) is 0. The monoisotopic (exact) mass is 979 g/mol. The van der Waals surface area contributed by atoms with Crippen LogP contribution in [0.25, 0.3) is 0 Å². The number of nitrogens with two attached hydrogens (primary N) is 3. The molecule has 0 aromatic rings. The largest absolute Gasteiger partial charge is 0.481 e. The number of hydrogen-bond acceptors (Lipinski definition) is 18. The van der Waals surface area contributed by atoms with E-state index in [4.69, 9.17) is 33.5 Å². The van der Waals surface area contributed by atoms with Crippen molar-refractivity contribution < 1.29 is 83.0 Å². The number of alkyl halides is 1. The molecule has 1 unspecified atom stereocenters. The highest BCUT2D eigenvalue weighted by Crippen LogP contribution is 2.10. The van der Waals surface area contributed by atoms with Gasteiger partial charge in [-0.1, -0.05) is 13.0 Å². The van der Waals surface area contributed by atoms with E-state index in [1.54, 1.807) is 0 Å². The molecular formula is C38H62ClN11O17. The number of nitrogens with one attached hydrogen (secondary N) is 8. The van der Waals surface area contributed by atoms with Crippen molar-refractivity contribution in [1.29, 1.82) is 0 Å². The summed E-state index contributed by atoms with van der Waals surface area (Å²) >= 11 is 5.73. The highest BCUT2D eigenvalue weighted by atomic mass is 35.5. The number of carbonyl (C=O) groups is 11. The lowest BCUT2D eigenvalue weighted by atomic mass is 10.0. The molecule has 11 atom stereocenters. The number of hydrogen-bond donors (Lipinski definition) is 16. The molecule has 28 nitrogen and oxygen atoms in total. The molecule has 0 aromatic heterocycles. The van der Waals surface area contributed by atoms with E-state index < -0.39 is 156 Å². The Morgan fingerprint density at radius 3 is 1.64 bits per heavy atom. The maximum atomic E-state index is 13.8. The number of amides is 8. The molecule has 0 radical (unpaired) electrons. The molecule has 0 aromatic carbocycles. The molecule has 1 saturated heterocycles. The third-order valence-electron chi connectivity index (χ3n) is 9.78. The molecule has 378 valence electrons. The van der Waals surface area contributed by atoms with E-state index in [1.165, 1.54) is 13.8 Å². The van der Waals surface area contributed by atoms with Crippen LogP contribution >= 0.6 is 11.6 Å². The average molecular weight is 980 g/mol. The number of halogens is 1. The van der Waals surface area contributed by atoms with Gasteiger partial charge in [0.15, 0.2) is 12.1 Å². The van der Waals surface area contributed by atoms with Gasteiger partial charge in [0.1, 0.15) is 48.6 Å². The van der Waals surface area contributed by atoms with Gasteiger partial charge in [0.2, 0.25) is 41.4 Å². The lowest BCUT2D eigenvalue weighted by Gasteiger charge is -2.28. The van der Waals surface area contributed by atoms with Crippen LogP contribution in [-0.2, 0) is 57.5 Å². The first-order valence-electron chi connectivity index (χ1n) is 20.9. The van der Waals surface area contributed by atoms with Crippen molar-refractivity contribution in [1.82, 2.24) is 42.5 Å². The SMILES string of the molecule is C/C=C1\NC(=O)[C@H]([C@H](C)O)NC(=O)[C@H](CCN)NC(=O)[C@H](CCCCN)NC(=O)[C@H](CC(=O)O)NC(=O)[C@@H](CCN)NC(=O)[C@@H](C)COC(=O)[C@H]([C@H](O)CCl)NC(=O)C([C@H](O)C(=O)O)NC1=O. The summed E-state index contributed by atoms with van der Waals surface area (Å²) in [5.41, 5.74) is 16.2. The van der Waals surface area contributed by atoms with Crippen LogP contribution in [0.2, 0.25) is 0 Å². The van der Waals surface area contributed by atoms with Crippen LogP contribution in [0.5, 0.6) is 0 Å². The minimum absolute atomic E-state index is 0.141. The zero-order valence-corrected chi connectivity index (χ0v) is 37.7. The number of rotatable bonds is 15. The van der Waals surface area contributed by atoms with Gasteiger partial charge in [-0.25, -0.2) is 9.59 Å². The molecule has 1 rings (SSSR count). The lowest BCUT2D eigenvalue weighted by Crippen LogP contribution is -2.62. The van der Waals surface area contributed by atoms with Crippen LogP contribution < -0.4 is 59.7 Å². The molecule has 1 fully saturated rings. The Balaban J connectivity index is 3.92. The van der Waals surface area contributed by atoms with Crippen molar-refractivity contribution in [3.63, 3.8) is 0 Å². The van der Waals surface area contributed by atoms with Crippen LogP contribution in [0.4, 0.5) is 0 Å². The summed E-state index contributed by atoms with van der Waals surface area (Å²) < 4.78 is 5.11. The number of cyclic esters (lactones) is 1. The summed E-state index contributed by atoms with van der Waals surface area (Å²) in [5, 5.41) is 68.1. The van der Waals surface area contributed by atoms with Gasteiger partial charge in [0, 0.05) is 0 Å². The van der Waals surface area contributed by atoms with Crippen LogP contribution in [0.1, 0.15) is 59.3 Å². The van der Waals surface area contributed by atoms with E-state index in [0.29, 0.717) is 6.42 Å². The van der Waals surface area contributed by atoms with E-state index in [2.05, 4.69) is 31.9 Å². The standard InChI is InChI=1S/C38H62ClN11O17/c1-4-18-30(57)50-27(28(55)37(64)65)36(63)49-26(23(52)14-39)38(66)67-15-16(2)29(56)44-20(8-11-41)32(59)47-22(13-24(53)54)34(61)45-19(7-5-6-10-40)31(58)46-21(9-12-42)33(60)48-25(17(3)51)35(62)43-18/h4,16-17,19-23,25-28,51-52,55H,5-15,40-42H2,1-3H3,(H,43,62)(H,44,56)(H,45,61)(H,46,58)(H,47,59)(H,48,60)(H,49,63)(H,50,57)(H,53,54)(H,64,65)/b18-4-/t16-,17-,19-,20+,21-,22-,23+,25-,26-,27?,28-/m0/s1. The van der Waals surface area contributed by atoms with Crippen molar-refractivity contribution in [3.8, 4) is 0 Å². The topological polar surface area (TPSA) is 472 Å². The summed E-state index contributed by atoms with van der Waals surface area (Å²) in [6.45, 7) is 2.29. The molecule has 0 spiro atoms. The first-order valence-corrected chi connectivity index (χ1v) is 21.4. The second kappa shape index (κ2) is 29.6. The quantitative estimate of drug-likeness (QED) is 0.0314. The minimum Gasteiger partial charge on any atom is -0.481 e. The lowest BCUT2D eigenvalue weighted by molar-refractivity contribution is -0.155. The predicted octanol–water partition coefficient (Wildman–Crippen LogP) is -7.68. The van der Waals surface area contributed by atoms with E-state index in [9.17, 15) is 78.3 Å².